The van der Waals surface area contributed by atoms with Gasteiger partial charge < -0.3 is 10.2 Å². The smallest absolute Gasteiger partial charge is 0.243 e. The molecule has 0 fully saturated rings. The van der Waals surface area contributed by atoms with Crippen LogP contribution in [0.2, 0.25) is 0 Å². The van der Waals surface area contributed by atoms with E-state index in [1.807, 2.05) is 70.2 Å². The molecule has 0 aliphatic carbocycles. The molecule has 0 aromatic heterocycles. The van der Waals surface area contributed by atoms with Crippen LogP contribution in [0.1, 0.15) is 50.3 Å². The van der Waals surface area contributed by atoms with Crippen molar-refractivity contribution >= 4 is 23.6 Å². The van der Waals surface area contributed by atoms with Crippen molar-refractivity contribution in [1.29, 1.82) is 0 Å². The maximum atomic E-state index is 13.2. The van der Waals surface area contributed by atoms with E-state index in [0.717, 1.165) is 23.3 Å². The first kappa shape index (κ1) is 24.0. The molecule has 0 aliphatic rings. The number of carbonyl (C=O) groups excluding carboxylic acids is 2. The number of aryl methyl sites for hydroxylation is 1. The summed E-state index contributed by atoms with van der Waals surface area (Å²) in [6, 6.07) is 17.8. The second-order valence-corrected chi connectivity index (χ2v) is 8.65. The van der Waals surface area contributed by atoms with Crippen molar-refractivity contribution in [2.24, 2.45) is 0 Å². The van der Waals surface area contributed by atoms with E-state index in [-0.39, 0.29) is 17.9 Å². The molecular weight excluding hydrogens is 392 g/mol. The highest BCUT2D eigenvalue weighted by molar-refractivity contribution is 7.99. The summed E-state index contributed by atoms with van der Waals surface area (Å²) in [5, 5.41) is 3.06. The number of rotatable bonds is 11. The molecule has 2 aromatic carbocycles. The Bertz CT molecular complexity index is 810. The van der Waals surface area contributed by atoms with Crippen molar-refractivity contribution < 1.29 is 9.59 Å². The maximum absolute atomic E-state index is 13.2. The second-order valence-electron chi connectivity index (χ2n) is 7.67. The number of carbonyl (C=O) groups is 2. The fourth-order valence-corrected chi connectivity index (χ4v) is 4.12. The summed E-state index contributed by atoms with van der Waals surface area (Å²) in [5.74, 6) is 1.07. The largest absolute Gasteiger partial charge is 0.352 e. The lowest BCUT2D eigenvalue weighted by Crippen LogP contribution is -2.51. The monoisotopic (exact) mass is 426 g/mol. The standard InChI is InChI=1S/C25H34N2O2S/c1-5-20(4)26-25(29)23(6-2)27(16-22-15-11-10-12-19(22)3)24(28)18-30-17-21-13-8-7-9-14-21/h7-15,20,23H,5-6,16-18H2,1-4H3,(H,26,29). The Morgan fingerprint density at radius 3 is 2.30 bits per heavy atom. The fraction of sp³-hybridized carbons (Fsp3) is 0.440. The lowest BCUT2D eigenvalue weighted by molar-refractivity contribution is -0.139. The topological polar surface area (TPSA) is 49.4 Å². The van der Waals surface area contributed by atoms with Gasteiger partial charge in [-0.25, -0.2) is 0 Å². The van der Waals surface area contributed by atoms with Gasteiger partial charge in [0.15, 0.2) is 0 Å². The van der Waals surface area contributed by atoms with E-state index < -0.39 is 6.04 Å². The van der Waals surface area contributed by atoms with Gasteiger partial charge in [0.1, 0.15) is 6.04 Å². The minimum atomic E-state index is -0.469. The highest BCUT2D eigenvalue weighted by atomic mass is 32.2. The van der Waals surface area contributed by atoms with Crippen molar-refractivity contribution in [1.82, 2.24) is 10.2 Å². The number of hydrogen-bond acceptors (Lipinski definition) is 3. The molecule has 1 N–H and O–H groups in total. The molecule has 0 heterocycles. The summed E-state index contributed by atoms with van der Waals surface area (Å²) in [7, 11) is 0. The van der Waals surface area contributed by atoms with Crippen LogP contribution in [-0.2, 0) is 21.9 Å². The molecule has 2 amide bonds. The highest BCUT2D eigenvalue weighted by Gasteiger charge is 2.29. The molecule has 0 saturated carbocycles. The zero-order valence-electron chi connectivity index (χ0n) is 18.6. The molecule has 0 radical (unpaired) electrons. The zero-order chi connectivity index (χ0) is 21.9. The Kier molecular flexibility index (Phi) is 9.95. The van der Waals surface area contributed by atoms with Crippen molar-refractivity contribution in [3.63, 3.8) is 0 Å². The van der Waals surface area contributed by atoms with Crippen molar-refractivity contribution in [3.05, 3.63) is 71.3 Å². The van der Waals surface area contributed by atoms with Gasteiger partial charge in [-0.15, -0.1) is 11.8 Å². The third-order valence-corrected chi connectivity index (χ3v) is 6.31. The first-order chi connectivity index (χ1) is 14.5. The predicted octanol–water partition coefficient (Wildman–Crippen LogP) is 4.95. The van der Waals surface area contributed by atoms with Crippen LogP contribution in [-0.4, -0.2) is 34.6 Å². The molecule has 162 valence electrons. The Hall–Kier alpha value is -2.27. The Morgan fingerprint density at radius 1 is 1.00 bits per heavy atom. The molecule has 0 saturated heterocycles. The van der Waals surface area contributed by atoms with Gasteiger partial charge in [-0.1, -0.05) is 68.4 Å². The molecule has 2 atom stereocenters. The Morgan fingerprint density at radius 2 is 1.67 bits per heavy atom. The van der Waals surface area contributed by atoms with E-state index in [1.54, 1.807) is 16.7 Å². The number of amides is 2. The number of hydrogen-bond donors (Lipinski definition) is 1. The number of thioether (sulfide) groups is 1. The third-order valence-electron chi connectivity index (χ3n) is 5.33. The first-order valence-corrected chi connectivity index (χ1v) is 11.9. The van der Waals surface area contributed by atoms with Gasteiger partial charge in [0.05, 0.1) is 5.75 Å². The van der Waals surface area contributed by atoms with Gasteiger partial charge >= 0.3 is 0 Å². The Balaban J connectivity index is 2.15. The lowest BCUT2D eigenvalue weighted by atomic mass is 10.1. The summed E-state index contributed by atoms with van der Waals surface area (Å²) >= 11 is 1.59. The van der Waals surface area contributed by atoms with E-state index in [0.29, 0.717) is 18.7 Å². The van der Waals surface area contributed by atoms with Gasteiger partial charge in [0, 0.05) is 18.3 Å². The van der Waals surface area contributed by atoms with Gasteiger partial charge in [0.25, 0.3) is 0 Å². The van der Waals surface area contributed by atoms with Crippen molar-refractivity contribution in [2.75, 3.05) is 5.75 Å². The quantitative estimate of drug-likeness (QED) is 0.553. The molecule has 2 rings (SSSR count). The predicted molar refractivity (Wildman–Crippen MR) is 126 cm³/mol. The normalized spacial score (nSPS) is 12.8. The fourth-order valence-electron chi connectivity index (χ4n) is 3.24. The van der Waals surface area contributed by atoms with Crippen LogP contribution in [0.3, 0.4) is 0 Å². The number of nitrogens with zero attached hydrogens (tertiary/aromatic N) is 1. The van der Waals surface area contributed by atoms with E-state index in [9.17, 15) is 9.59 Å². The van der Waals surface area contributed by atoms with E-state index >= 15 is 0 Å². The van der Waals surface area contributed by atoms with Crippen LogP contribution in [0.5, 0.6) is 0 Å². The van der Waals surface area contributed by atoms with E-state index in [4.69, 9.17) is 0 Å². The molecule has 0 bridgehead atoms. The molecule has 4 nitrogen and oxygen atoms in total. The molecule has 0 spiro atoms. The van der Waals surface area contributed by atoms with Gasteiger partial charge in [-0.05, 0) is 43.4 Å². The van der Waals surface area contributed by atoms with Gasteiger partial charge in [0.2, 0.25) is 11.8 Å². The second kappa shape index (κ2) is 12.4. The highest BCUT2D eigenvalue weighted by Crippen LogP contribution is 2.19. The van der Waals surface area contributed by atoms with E-state index in [1.165, 1.54) is 5.56 Å². The average molecular weight is 427 g/mol. The van der Waals surface area contributed by atoms with Crippen LogP contribution in [0.25, 0.3) is 0 Å². The molecule has 0 aliphatic heterocycles. The van der Waals surface area contributed by atoms with Crippen molar-refractivity contribution in [2.45, 2.75) is 64.9 Å². The third kappa shape index (κ3) is 7.21. The zero-order valence-corrected chi connectivity index (χ0v) is 19.4. The molecule has 2 unspecified atom stereocenters. The Labute approximate surface area is 185 Å². The molecule has 30 heavy (non-hydrogen) atoms. The SMILES string of the molecule is CCC(C)NC(=O)C(CC)N(Cc1ccccc1C)C(=O)CSCc1ccccc1. The molecule has 2 aromatic rings. The van der Waals surface area contributed by atoms with Crippen LogP contribution in [0, 0.1) is 6.92 Å². The number of benzene rings is 2. The lowest BCUT2D eigenvalue weighted by Gasteiger charge is -2.32. The summed E-state index contributed by atoms with van der Waals surface area (Å²) in [6.07, 6.45) is 1.45. The molecular formula is C25H34N2O2S. The van der Waals surface area contributed by atoms with Crippen LogP contribution in [0.4, 0.5) is 0 Å². The van der Waals surface area contributed by atoms with Crippen molar-refractivity contribution in [3.8, 4) is 0 Å². The van der Waals surface area contributed by atoms with E-state index in [2.05, 4.69) is 17.4 Å². The summed E-state index contributed by atoms with van der Waals surface area (Å²) in [6.45, 7) is 8.50. The minimum absolute atomic E-state index is 0.00494. The van der Waals surface area contributed by atoms with Crippen LogP contribution >= 0.6 is 11.8 Å². The van der Waals surface area contributed by atoms with Crippen LogP contribution < -0.4 is 5.32 Å². The minimum Gasteiger partial charge on any atom is -0.352 e. The average Bonchev–Trinajstić information content (AvgIpc) is 2.75. The van der Waals surface area contributed by atoms with Gasteiger partial charge in [-0.2, -0.15) is 0 Å². The van der Waals surface area contributed by atoms with Gasteiger partial charge in [-0.3, -0.25) is 9.59 Å². The summed E-state index contributed by atoms with van der Waals surface area (Å²) in [5.41, 5.74) is 3.40. The van der Waals surface area contributed by atoms with Crippen LogP contribution in [0.15, 0.2) is 54.6 Å². The number of nitrogens with one attached hydrogen (secondary N) is 1. The first-order valence-electron chi connectivity index (χ1n) is 10.7. The molecule has 5 heteroatoms. The summed E-state index contributed by atoms with van der Waals surface area (Å²) < 4.78 is 0. The maximum Gasteiger partial charge on any atom is 0.243 e. The summed E-state index contributed by atoms with van der Waals surface area (Å²) in [4.78, 5) is 27.9.